The number of thiophene rings is 1. The van der Waals surface area contributed by atoms with Gasteiger partial charge in [0.1, 0.15) is 12.1 Å². The van der Waals surface area contributed by atoms with Gasteiger partial charge in [0.15, 0.2) is 0 Å². The quantitative estimate of drug-likeness (QED) is 0.785. The summed E-state index contributed by atoms with van der Waals surface area (Å²) in [6, 6.07) is 3.93. The van der Waals surface area contributed by atoms with Crippen molar-refractivity contribution in [2.75, 3.05) is 0 Å². The fraction of sp³-hybridized carbons (Fsp3) is 0.353. The van der Waals surface area contributed by atoms with Crippen molar-refractivity contribution in [1.82, 2.24) is 19.5 Å². The second-order valence-electron chi connectivity index (χ2n) is 6.01. The number of fused-ring (bicyclic) bond motifs is 3. The molecule has 0 unspecified atom stereocenters. The summed E-state index contributed by atoms with van der Waals surface area (Å²) in [4.78, 5) is 26.0. The smallest absolute Gasteiger partial charge is 0.277 e. The van der Waals surface area contributed by atoms with Crippen LogP contribution in [0.5, 0.6) is 0 Å². The van der Waals surface area contributed by atoms with E-state index in [0.29, 0.717) is 12.1 Å². The van der Waals surface area contributed by atoms with Gasteiger partial charge in [-0.15, -0.1) is 11.3 Å². The third kappa shape index (κ3) is 2.75. The number of amides is 1. The number of aromatic nitrogens is 3. The highest BCUT2D eigenvalue weighted by Crippen LogP contribution is 2.22. The second kappa shape index (κ2) is 6.24. The van der Waals surface area contributed by atoms with E-state index in [-0.39, 0.29) is 18.0 Å². The first-order chi connectivity index (χ1) is 11.7. The molecule has 0 fully saturated rings. The predicted molar refractivity (Wildman–Crippen MR) is 92.3 cm³/mol. The average molecular weight is 342 g/mol. The lowest BCUT2D eigenvalue weighted by Gasteiger charge is -2.09. The van der Waals surface area contributed by atoms with E-state index < -0.39 is 0 Å². The van der Waals surface area contributed by atoms with Crippen LogP contribution in [0.3, 0.4) is 0 Å². The minimum Gasteiger partial charge on any atom is -0.350 e. The molecule has 7 heteroatoms. The van der Waals surface area contributed by atoms with Gasteiger partial charge in [0, 0.05) is 22.8 Å². The van der Waals surface area contributed by atoms with Crippen LogP contribution in [0.2, 0.25) is 0 Å². The molecule has 1 aliphatic carbocycles. The van der Waals surface area contributed by atoms with E-state index in [1.54, 1.807) is 28.2 Å². The van der Waals surface area contributed by atoms with Crippen LogP contribution in [0.15, 0.2) is 34.7 Å². The summed E-state index contributed by atoms with van der Waals surface area (Å²) in [6.07, 6.45) is 7.43. The lowest BCUT2D eigenvalue weighted by Crippen LogP contribution is -2.32. The van der Waals surface area contributed by atoms with Crippen molar-refractivity contribution in [3.63, 3.8) is 0 Å². The highest BCUT2D eigenvalue weighted by atomic mass is 32.1. The molecular weight excluding hydrogens is 324 g/mol. The van der Waals surface area contributed by atoms with E-state index in [2.05, 4.69) is 10.4 Å². The summed E-state index contributed by atoms with van der Waals surface area (Å²) in [5.41, 5.74) is 2.57. The van der Waals surface area contributed by atoms with Crippen molar-refractivity contribution < 1.29 is 4.79 Å². The van der Waals surface area contributed by atoms with Gasteiger partial charge < -0.3 is 9.88 Å². The molecule has 0 bridgehead atoms. The van der Waals surface area contributed by atoms with E-state index in [4.69, 9.17) is 0 Å². The molecule has 24 heavy (non-hydrogen) atoms. The number of carbonyl (C=O) groups excluding carboxylic acids is 1. The van der Waals surface area contributed by atoms with Crippen molar-refractivity contribution >= 4 is 22.8 Å². The van der Waals surface area contributed by atoms with Crippen LogP contribution in [0.1, 0.15) is 29.0 Å². The Balaban J connectivity index is 1.57. The Morgan fingerprint density at radius 2 is 2.17 bits per heavy atom. The topological polar surface area (TPSA) is 68.4 Å². The number of nitrogens with one attached hydrogen (secondary N) is 1. The molecule has 1 amide bonds. The van der Waals surface area contributed by atoms with Gasteiger partial charge in [-0.05, 0) is 37.1 Å². The van der Waals surface area contributed by atoms with Crippen LogP contribution < -0.4 is 10.9 Å². The maximum absolute atomic E-state index is 12.8. The summed E-state index contributed by atoms with van der Waals surface area (Å²) >= 11 is 1.60. The molecule has 6 nitrogen and oxygen atoms in total. The fourth-order valence-electron chi connectivity index (χ4n) is 3.19. The SMILES string of the molecule is O=C(Cn1ccn2nc3c(c2c1=O)CCCC3)NCc1cccs1. The minimum atomic E-state index is -0.164. The van der Waals surface area contributed by atoms with Crippen molar-refractivity contribution in [3.8, 4) is 0 Å². The van der Waals surface area contributed by atoms with Gasteiger partial charge in [-0.25, -0.2) is 4.52 Å². The van der Waals surface area contributed by atoms with Gasteiger partial charge >= 0.3 is 0 Å². The maximum atomic E-state index is 12.8. The van der Waals surface area contributed by atoms with Crippen LogP contribution in [0.25, 0.3) is 5.52 Å². The van der Waals surface area contributed by atoms with Crippen molar-refractivity contribution in [1.29, 1.82) is 0 Å². The van der Waals surface area contributed by atoms with Crippen LogP contribution in [0, 0.1) is 0 Å². The van der Waals surface area contributed by atoms with Gasteiger partial charge in [-0.3, -0.25) is 9.59 Å². The number of nitrogens with zero attached hydrogens (tertiary/aromatic N) is 3. The molecule has 3 heterocycles. The zero-order chi connectivity index (χ0) is 16.5. The molecule has 4 rings (SSSR count). The Labute approximate surface area is 142 Å². The van der Waals surface area contributed by atoms with Gasteiger partial charge in [-0.2, -0.15) is 5.10 Å². The van der Waals surface area contributed by atoms with Crippen molar-refractivity contribution in [2.45, 2.75) is 38.8 Å². The molecule has 1 aliphatic rings. The molecule has 0 aromatic carbocycles. The Bertz CT molecular complexity index is 940. The van der Waals surface area contributed by atoms with Crippen LogP contribution in [-0.2, 0) is 30.7 Å². The molecule has 0 spiro atoms. The zero-order valence-electron chi connectivity index (χ0n) is 13.2. The van der Waals surface area contributed by atoms with Gasteiger partial charge in [-0.1, -0.05) is 6.07 Å². The molecule has 3 aromatic heterocycles. The van der Waals surface area contributed by atoms with Crippen LogP contribution >= 0.6 is 11.3 Å². The molecule has 1 N–H and O–H groups in total. The molecule has 0 saturated heterocycles. The summed E-state index contributed by atoms with van der Waals surface area (Å²) in [6.45, 7) is 0.524. The summed E-state index contributed by atoms with van der Waals surface area (Å²) in [5.74, 6) is -0.164. The summed E-state index contributed by atoms with van der Waals surface area (Å²) in [5, 5.41) is 9.34. The van der Waals surface area contributed by atoms with Crippen molar-refractivity contribution in [2.24, 2.45) is 0 Å². The third-order valence-corrected chi connectivity index (χ3v) is 5.26. The average Bonchev–Trinajstić information content (AvgIpc) is 3.22. The van der Waals surface area contributed by atoms with Gasteiger partial charge in [0.25, 0.3) is 5.56 Å². The van der Waals surface area contributed by atoms with E-state index in [9.17, 15) is 9.59 Å². The standard InChI is InChI=1S/C17H18N4O2S/c22-15(18-10-12-4-3-9-24-12)11-20-7-8-21-16(17(20)23)13-5-1-2-6-14(13)19-21/h3-4,7-9H,1-2,5-6,10-11H2,(H,18,22). The van der Waals surface area contributed by atoms with E-state index in [1.165, 1.54) is 4.57 Å². The molecule has 0 atom stereocenters. The lowest BCUT2D eigenvalue weighted by molar-refractivity contribution is -0.121. The van der Waals surface area contributed by atoms with Crippen LogP contribution in [-0.4, -0.2) is 20.1 Å². The Kier molecular flexibility index (Phi) is 3.93. The lowest BCUT2D eigenvalue weighted by atomic mass is 9.97. The summed E-state index contributed by atoms with van der Waals surface area (Å²) in [7, 11) is 0. The molecule has 0 saturated carbocycles. The number of carbonyl (C=O) groups is 1. The molecular formula is C17H18N4O2S. The normalized spacial score (nSPS) is 13.8. The highest BCUT2D eigenvalue weighted by Gasteiger charge is 2.19. The predicted octanol–water partition coefficient (Wildman–Crippen LogP) is 1.75. The first kappa shape index (κ1) is 15.1. The van der Waals surface area contributed by atoms with Gasteiger partial charge in [0.05, 0.1) is 12.2 Å². The van der Waals surface area contributed by atoms with E-state index in [1.807, 2.05) is 17.5 Å². The monoisotopic (exact) mass is 342 g/mol. The third-order valence-electron chi connectivity index (χ3n) is 4.39. The maximum Gasteiger partial charge on any atom is 0.277 e. The van der Waals surface area contributed by atoms with E-state index in [0.717, 1.165) is 41.8 Å². The number of aryl methyl sites for hydroxylation is 2. The number of hydrogen-bond donors (Lipinski definition) is 1. The first-order valence-electron chi connectivity index (χ1n) is 8.11. The van der Waals surface area contributed by atoms with Crippen molar-refractivity contribution in [3.05, 3.63) is 56.4 Å². The Hall–Kier alpha value is -2.41. The highest BCUT2D eigenvalue weighted by molar-refractivity contribution is 7.09. The number of hydrogen-bond acceptors (Lipinski definition) is 4. The molecule has 0 aliphatic heterocycles. The van der Waals surface area contributed by atoms with Crippen LogP contribution in [0.4, 0.5) is 0 Å². The Morgan fingerprint density at radius 1 is 1.29 bits per heavy atom. The Morgan fingerprint density at radius 3 is 3.00 bits per heavy atom. The first-order valence-corrected chi connectivity index (χ1v) is 8.99. The molecule has 124 valence electrons. The molecule has 3 aromatic rings. The number of rotatable bonds is 4. The summed E-state index contributed by atoms with van der Waals surface area (Å²) < 4.78 is 3.13. The van der Waals surface area contributed by atoms with E-state index >= 15 is 0 Å². The van der Waals surface area contributed by atoms with Gasteiger partial charge in [0.2, 0.25) is 5.91 Å². The second-order valence-corrected chi connectivity index (χ2v) is 7.05. The fourth-order valence-corrected chi connectivity index (χ4v) is 3.83. The minimum absolute atomic E-state index is 0.0284. The molecule has 0 radical (unpaired) electrons. The zero-order valence-corrected chi connectivity index (χ0v) is 14.0. The largest absolute Gasteiger partial charge is 0.350 e.